The summed E-state index contributed by atoms with van der Waals surface area (Å²) in [6.07, 6.45) is 5.50. The molecule has 0 spiro atoms. The number of likely N-dealkylation sites (N-methyl/N-ethyl adjacent to an activating group) is 1. The lowest BCUT2D eigenvalue weighted by atomic mass is 9.66. The minimum atomic E-state index is 0.0150. The molecule has 2 heterocycles. The number of hydrogen-bond donors (Lipinski definition) is 2. The van der Waals surface area contributed by atoms with Gasteiger partial charge in [0.15, 0.2) is 11.5 Å². The standard InChI is InChI=1S/C27H37N5O2/c1-5-6-12-24(27(13-15-29-16-14-27)19-10-8-7-9-11-19)32(2)26-30-21-18-23(34-4)22(33-3)17-20(21)25(28)31-26/h7-11,17-18,24,29H,5-6,12-16H2,1-4H3,(H2,28,30,31). The molecule has 0 amide bonds. The Morgan fingerprint density at radius 2 is 1.74 bits per heavy atom. The first-order valence-corrected chi connectivity index (χ1v) is 12.2. The molecule has 7 nitrogen and oxygen atoms in total. The average Bonchev–Trinajstić information content (AvgIpc) is 2.89. The summed E-state index contributed by atoms with van der Waals surface area (Å²) in [5, 5.41) is 4.32. The Morgan fingerprint density at radius 3 is 2.38 bits per heavy atom. The van der Waals surface area contributed by atoms with Gasteiger partial charge < -0.3 is 25.4 Å². The van der Waals surface area contributed by atoms with Gasteiger partial charge in [-0.25, -0.2) is 4.98 Å². The lowest BCUT2D eigenvalue weighted by Gasteiger charge is -2.48. The molecule has 0 aliphatic carbocycles. The Hall–Kier alpha value is -3.06. The first-order valence-electron chi connectivity index (χ1n) is 12.2. The minimum absolute atomic E-state index is 0.0150. The van der Waals surface area contributed by atoms with Crippen molar-refractivity contribution < 1.29 is 9.47 Å². The number of hydrogen-bond acceptors (Lipinski definition) is 7. The van der Waals surface area contributed by atoms with Crippen LogP contribution < -0.4 is 25.4 Å². The molecule has 0 radical (unpaired) electrons. The van der Waals surface area contributed by atoms with Gasteiger partial charge in [0.2, 0.25) is 5.95 Å². The zero-order valence-corrected chi connectivity index (χ0v) is 20.8. The highest BCUT2D eigenvalue weighted by Gasteiger charge is 2.43. The maximum Gasteiger partial charge on any atom is 0.227 e. The van der Waals surface area contributed by atoms with Gasteiger partial charge in [-0.05, 0) is 44.0 Å². The van der Waals surface area contributed by atoms with Crippen LogP contribution in [0.2, 0.25) is 0 Å². The number of ether oxygens (including phenoxy) is 2. The number of unbranched alkanes of at least 4 members (excludes halogenated alkanes) is 1. The molecule has 2 aromatic carbocycles. The van der Waals surface area contributed by atoms with Crippen LogP contribution in [0.1, 0.15) is 44.6 Å². The molecule has 0 bridgehead atoms. The van der Waals surface area contributed by atoms with Crippen molar-refractivity contribution in [1.82, 2.24) is 15.3 Å². The molecule has 1 saturated heterocycles. The Balaban J connectivity index is 1.81. The zero-order valence-electron chi connectivity index (χ0n) is 20.8. The second-order valence-electron chi connectivity index (χ2n) is 9.17. The fraction of sp³-hybridized carbons (Fsp3) is 0.481. The van der Waals surface area contributed by atoms with E-state index in [9.17, 15) is 0 Å². The molecule has 0 saturated carbocycles. The number of fused-ring (bicyclic) bond motifs is 1. The molecule has 1 aromatic heterocycles. The van der Waals surface area contributed by atoms with Crippen molar-refractivity contribution in [3.05, 3.63) is 48.0 Å². The molecule has 3 N–H and O–H groups in total. The molecule has 182 valence electrons. The van der Waals surface area contributed by atoms with E-state index in [4.69, 9.17) is 25.2 Å². The van der Waals surface area contributed by atoms with Gasteiger partial charge in [0.1, 0.15) is 5.82 Å². The van der Waals surface area contributed by atoms with E-state index in [1.54, 1.807) is 14.2 Å². The Bertz CT molecular complexity index is 1100. The highest BCUT2D eigenvalue weighted by molar-refractivity contribution is 5.91. The summed E-state index contributed by atoms with van der Waals surface area (Å²) in [7, 11) is 5.36. The van der Waals surface area contributed by atoms with E-state index in [1.807, 2.05) is 12.1 Å². The molecule has 34 heavy (non-hydrogen) atoms. The van der Waals surface area contributed by atoms with Gasteiger partial charge >= 0.3 is 0 Å². The fourth-order valence-corrected chi connectivity index (χ4v) is 5.46. The summed E-state index contributed by atoms with van der Waals surface area (Å²) < 4.78 is 11.0. The highest BCUT2D eigenvalue weighted by Crippen LogP contribution is 2.42. The average molecular weight is 464 g/mol. The molecule has 1 aliphatic rings. The number of nitrogens with two attached hydrogens (primary N) is 1. The van der Waals surface area contributed by atoms with Gasteiger partial charge in [0, 0.05) is 30.0 Å². The number of methoxy groups -OCH3 is 2. The molecule has 1 atom stereocenters. The fourth-order valence-electron chi connectivity index (χ4n) is 5.46. The van der Waals surface area contributed by atoms with Crippen molar-refractivity contribution in [3.8, 4) is 11.5 Å². The van der Waals surface area contributed by atoms with Crippen molar-refractivity contribution in [2.24, 2.45) is 0 Å². The lowest BCUT2D eigenvalue weighted by Crippen LogP contribution is -2.54. The smallest absolute Gasteiger partial charge is 0.227 e. The summed E-state index contributed by atoms with van der Waals surface area (Å²) in [6, 6.07) is 14.9. The summed E-state index contributed by atoms with van der Waals surface area (Å²) in [5.41, 5.74) is 8.61. The van der Waals surface area contributed by atoms with Crippen molar-refractivity contribution in [2.75, 3.05) is 45.0 Å². The maximum atomic E-state index is 6.45. The van der Waals surface area contributed by atoms with E-state index in [-0.39, 0.29) is 11.5 Å². The third kappa shape index (κ3) is 4.49. The van der Waals surface area contributed by atoms with Crippen LogP contribution in [-0.2, 0) is 5.41 Å². The minimum Gasteiger partial charge on any atom is -0.493 e. The zero-order chi connectivity index (χ0) is 24.1. The van der Waals surface area contributed by atoms with E-state index in [2.05, 4.69) is 54.5 Å². The molecule has 3 aromatic rings. The first kappa shape index (κ1) is 24.1. The van der Waals surface area contributed by atoms with Crippen LogP contribution in [0.4, 0.5) is 11.8 Å². The molecule has 7 heteroatoms. The van der Waals surface area contributed by atoms with E-state index in [0.717, 1.165) is 56.1 Å². The number of nitrogens with zero attached hydrogens (tertiary/aromatic N) is 3. The molecular formula is C27H37N5O2. The van der Waals surface area contributed by atoms with Crippen molar-refractivity contribution in [2.45, 2.75) is 50.5 Å². The monoisotopic (exact) mass is 463 g/mol. The third-order valence-corrected chi connectivity index (χ3v) is 7.32. The Labute approximate surface area is 202 Å². The molecule has 1 aliphatic heterocycles. The first-order chi connectivity index (χ1) is 16.5. The van der Waals surface area contributed by atoms with Crippen LogP contribution >= 0.6 is 0 Å². The van der Waals surface area contributed by atoms with Crippen molar-refractivity contribution in [1.29, 1.82) is 0 Å². The maximum absolute atomic E-state index is 6.45. The van der Waals surface area contributed by atoms with Crippen LogP contribution in [0.5, 0.6) is 11.5 Å². The molecule has 1 unspecified atom stereocenters. The SMILES string of the molecule is CCCCC(N(C)c1nc(N)c2cc(OC)c(OC)cc2n1)C1(c2ccccc2)CCNCC1. The number of benzene rings is 2. The predicted octanol–water partition coefficient (Wildman–Crippen LogP) is 4.55. The van der Waals surface area contributed by atoms with Gasteiger partial charge in [-0.2, -0.15) is 4.98 Å². The van der Waals surface area contributed by atoms with E-state index in [0.29, 0.717) is 23.3 Å². The quantitative estimate of drug-likeness (QED) is 0.482. The van der Waals surface area contributed by atoms with E-state index >= 15 is 0 Å². The normalized spacial score (nSPS) is 16.2. The lowest BCUT2D eigenvalue weighted by molar-refractivity contribution is 0.236. The van der Waals surface area contributed by atoms with Crippen LogP contribution in [0.3, 0.4) is 0 Å². The van der Waals surface area contributed by atoms with Crippen LogP contribution in [-0.4, -0.2) is 50.4 Å². The third-order valence-electron chi connectivity index (χ3n) is 7.32. The summed E-state index contributed by atoms with van der Waals surface area (Å²) in [4.78, 5) is 12.0. The second kappa shape index (κ2) is 10.5. The van der Waals surface area contributed by atoms with Gasteiger partial charge in [0.25, 0.3) is 0 Å². The Morgan fingerprint density at radius 1 is 1.06 bits per heavy atom. The van der Waals surface area contributed by atoms with E-state index < -0.39 is 0 Å². The van der Waals surface area contributed by atoms with Crippen LogP contribution in [0.15, 0.2) is 42.5 Å². The second-order valence-corrected chi connectivity index (χ2v) is 9.17. The van der Waals surface area contributed by atoms with Gasteiger partial charge in [-0.1, -0.05) is 50.1 Å². The highest BCUT2D eigenvalue weighted by atomic mass is 16.5. The Kier molecular flexibility index (Phi) is 7.41. The largest absolute Gasteiger partial charge is 0.493 e. The number of nitrogens with one attached hydrogen (secondary N) is 1. The van der Waals surface area contributed by atoms with Crippen LogP contribution in [0, 0.1) is 0 Å². The number of aromatic nitrogens is 2. The number of nitrogen functional groups attached to an aromatic ring is 1. The molecule has 1 fully saturated rings. The number of anilines is 2. The van der Waals surface area contributed by atoms with Gasteiger partial charge in [-0.15, -0.1) is 0 Å². The topological polar surface area (TPSA) is 85.5 Å². The van der Waals surface area contributed by atoms with Gasteiger partial charge in [0.05, 0.1) is 19.7 Å². The number of piperidine rings is 1. The molecular weight excluding hydrogens is 426 g/mol. The summed E-state index contributed by atoms with van der Waals surface area (Å²) in [6.45, 7) is 4.25. The predicted molar refractivity (Wildman–Crippen MR) is 139 cm³/mol. The van der Waals surface area contributed by atoms with Crippen LogP contribution in [0.25, 0.3) is 10.9 Å². The number of rotatable bonds is 9. The van der Waals surface area contributed by atoms with Crippen molar-refractivity contribution >= 4 is 22.7 Å². The summed E-state index contributed by atoms with van der Waals surface area (Å²) >= 11 is 0. The van der Waals surface area contributed by atoms with Gasteiger partial charge in [-0.3, -0.25) is 0 Å². The van der Waals surface area contributed by atoms with Crippen molar-refractivity contribution in [3.63, 3.8) is 0 Å². The summed E-state index contributed by atoms with van der Waals surface area (Å²) in [5.74, 6) is 2.33. The van der Waals surface area contributed by atoms with E-state index in [1.165, 1.54) is 5.56 Å². The molecule has 4 rings (SSSR count).